The maximum Gasteiger partial charge on any atom is 0.317 e. The summed E-state index contributed by atoms with van der Waals surface area (Å²) >= 11 is 3.44. The molecule has 2 aliphatic rings. The van der Waals surface area contributed by atoms with Crippen molar-refractivity contribution in [2.45, 2.75) is 25.9 Å². The average molecular weight is 355 g/mol. The van der Waals surface area contributed by atoms with Crippen molar-refractivity contribution < 1.29 is 9.59 Å². The monoisotopic (exact) mass is 354 g/mol. The molecular formula is C14H19BrN4O2. The van der Waals surface area contributed by atoms with Crippen LogP contribution in [-0.4, -0.2) is 58.5 Å². The van der Waals surface area contributed by atoms with E-state index in [0.29, 0.717) is 26.2 Å². The van der Waals surface area contributed by atoms with Gasteiger partial charge in [0.25, 0.3) is 5.91 Å². The van der Waals surface area contributed by atoms with E-state index in [2.05, 4.69) is 28.2 Å². The van der Waals surface area contributed by atoms with Crippen LogP contribution in [0.15, 0.2) is 16.7 Å². The highest BCUT2D eigenvalue weighted by atomic mass is 79.9. The van der Waals surface area contributed by atoms with E-state index in [-0.39, 0.29) is 18.0 Å². The Bertz CT molecular complexity index is 571. The first-order valence-corrected chi connectivity index (χ1v) is 8.09. The van der Waals surface area contributed by atoms with Gasteiger partial charge >= 0.3 is 6.03 Å². The summed E-state index contributed by atoms with van der Waals surface area (Å²) in [5.41, 5.74) is 0.717. The Morgan fingerprint density at radius 2 is 2.29 bits per heavy atom. The summed E-state index contributed by atoms with van der Waals surface area (Å²) in [7, 11) is 0. The smallest absolute Gasteiger partial charge is 0.317 e. The standard InChI is InChI=1S/C14H19BrN4O2/c1-2-3-17-8-10(15)6-12(17)13(20)18-4-5-19-11(9-18)7-16-14(19)21/h6,8,11H,2-5,7,9H2,1H3,(H,16,21). The van der Waals surface area contributed by atoms with E-state index in [4.69, 9.17) is 0 Å². The van der Waals surface area contributed by atoms with E-state index in [1.54, 1.807) is 0 Å². The molecule has 114 valence electrons. The van der Waals surface area contributed by atoms with Crippen LogP contribution in [0.2, 0.25) is 0 Å². The average Bonchev–Trinajstić information content (AvgIpc) is 3.02. The third-order valence-electron chi connectivity index (χ3n) is 4.07. The number of hydrogen-bond acceptors (Lipinski definition) is 2. The Morgan fingerprint density at radius 1 is 1.48 bits per heavy atom. The minimum Gasteiger partial charge on any atom is -0.342 e. The summed E-state index contributed by atoms with van der Waals surface area (Å²) in [5, 5.41) is 2.83. The van der Waals surface area contributed by atoms with Crippen molar-refractivity contribution in [1.29, 1.82) is 0 Å². The molecule has 2 aliphatic heterocycles. The maximum atomic E-state index is 12.7. The van der Waals surface area contributed by atoms with Gasteiger partial charge in [0.15, 0.2) is 0 Å². The number of aromatic nitrogens is 1. The molecule has 3 heterocycles. The molecule has 1 unspecified atom stereocenters. The van der Waals surface area contributed by atoms with Crippen molar-refractivity contribution in [3.05, 3.63) is 22.4 Å². The van der Waals surface area contributed by atoms with Crippen molar-refractivity contribution >= 4 is 27.9 Å². The van der Waals surface area contributed by atoms with Gasteiger partial charge in [-0.15, -0.1) is 0 Å². The first kappa shape index (κ1) is 14.4. The predicted molar refractivity (Wildman–Crippen MR) is 82.2 cm³/mol. The van der Waals surface area contributed by atoms with Gasteiger partial charge in [0.2, 0.25) is 0 Å². The van der Waals surface area contributed by atoms with E-state index in [1.165, 1.54) is 0 Å². The predicted octanol–water partition coefficient (Wildman–Crippen LogP) is 1.51. The van der Waals surface area contributed by atoms with Crippen LogP contribution in [-0.2, 0) is 6.54 Å². The quantitative estimate of drug-likeness (QED) is 0.894. The fourth-order valence-corrected chi connectivity index (χ4v) is 3.49. The Morgan fingerprint density at radius 3 is 3.05 bits per heavy atom. The van der Waals surface area contributed by atoms with Gasteiger partial charge in [-0.2, -0.15) is 0 Å². The molecule has 3 amide bonds. The van der Waals surface area contributed by atoms with E-state index < -0.39 is 0 Å². The first-order chi connectivity index (χ1) is 10.1. The highest BCUT2D eigenvalue weighted by molar-refractivity contribution is 9.10. The van der Waals surface area contributed by atoms with Crippen LogP contribution in [0.5, 0.6) is 0 Å². The van der Waals surface area contributed by atoms with Crippen molar-refractivity contribution in [2.75, 3.05) is 26.2 Å². The topological polar surface area (TPSA) is 57.6 Å². The number of fused-ring (bicyclic) bond motifs is 1. The normalized spacial score (nSPS) is 21.4. The number of rotatable bonds is 3. The molecule has 2 saturated heterocycles. The molecule has 7 heteroatoms. The summed E-state index contributed by atoms with van der Waals surface area (Å²) in [6.45, 7) is 5.36. The zero-order chi connectivity index (χ0) is 15.0. The number of hydrogen-bond donors (Lipinski definition) is 1. The molecule has 0 bridgehead atoms. The third-order valence-corrected chi connectivity index (χ3v) is 4.50. The Balaban J connectivity index is 1.75. The first-order valence-electron chi connectivity index (χ1n) is 7.29. The molecule has 1 N–H and O–H groups in total. The summed E-state index contributed by atoms with van der Waals surface area (Å²) < 4.78 is 2.92. The zero-order valence-electron chi connectivity index (χ0n) is 12.0. The van der Waals surface area contributed by atoms with Gasteiger partial charge in [-0.1, -0.05) is 6.92 Å². The molecule has 1 atom stereocenters. The molecule has 21 heavy (non-hydrogen) atoms. The molecule has 0 aliphatic carbocycles. The highest BCUT2D eigenvalue weighted by Crippen LogP contribution is 2.20. The second-order valence-corrected chi connectivity index (χ2v) is 6.44. The molecule has 1 aromatic rings. The van der Waals surface area contributed by atoms with E-state index in [0.717, 1.165) is 23.1 Å². The van der Waals surface area contributed by atoms with Crippen molar-refractivity contribution in [3.63, 3.8) is 0 Å². The molecule has 0 spiro atoms. The lowest BCUT2D eigenvalue weighted by Crippen LogP contribution is -2.54. The van der Waals surface area contributed by atoms with E-state index in [9.17, 15) is 9.59 Å². The van der Waals surface area contributed by atoms with Crippen LogP contribution in [0.4, 0.5) is 4.79 Å². The van der Waals surface area contributed by atoms with E-state index in [1.807, 2.05) is 26.6 Å². The lowest BCUT2D eigenvalue weighted by Gasteiger charge is -2.36. The number of nitrogens with one attached hydrogen (secondary N) is 1. The van der Waals surface area contributed by atoms with Gasteiger partial charge in [0, 0.05) is 43.4 Å². The molecule has 3 rings (SSSR count). The van der Waals surface area contributed by atoms with Crippen LogP contribution in [0.25, 0.3) is 0 Å². The van der Waals surface area contributed by atoms with Crippen LogP contribution in [0.1, 0.15) is 23.8 Å². The van der Waals surface area contributed by atoms with Crippen LogP contribution < -0.4 is 5.32 Å². The van der Waals surface area contributed by atoms with Gasteiger partial charge in [0.05, 0.1) is 6.04 Å². The fourth-order valence-electron chi connectivity index (χ4n) is 3.03. The largest absolute Gasteiger partial charge is 0.342 e. The second kappa shape index (κ2) is 5.71. The van der Waals surface area contributed by atoms with Crippen molar-refractivity contribution in [1.82, 2.24) is 19.7 Å². The molecule has 0 radical (unpaired) electrons. The lowest BCUT2D eigenvalue weighted by atomic mass is 10.2. The van der Waals surface area contributed by atoms with Crippen molar-refractivity contribution in [2.24, 2.45) is 0 Å². The van der Waals surface area contributed by atoms with Gasteiger partial charge < -0.3 is 19.7 Å². The van der Waals surface area contributed by atoms with Gasteiger partial charge in [-0.25, -0.2) is 4.79 Å². The van der Waals surface area contributed by atoms with Gasteiger partial charge in [0.1, 0.15) is 5.69 Å². The van der Waals surface area contributed by atoms with Crippen LogP contribution in [0.3, 0.4) is 0 Å². The number of carbonyl (C=O) groups is 2. The lowest BCUT2D eigenvalue weighted by molar-refractivity contribution is 0.0606. The van der Waals surface area contributed by atoms with Crippen molar-refractivity contribution in [3.8, 4) is 0 Å². The Kier molecular flexibility index (Phi) is 3.93. The number of carbonyl (C=O) groups excluding carboxylic acids is 2. The fraction of sp³-hybridized carbons (Fsp3) is 0.571. The summed E-state index contributed by atoms with van der Waals surface area (Å²) in [4.78, 5) is 28.0. The maximum absolute atomic E-state index is 12.7. The highest BCUT2D eigenvalue weighted by Gasteiger charge is 2.37. The summed E-state index contributed by atoms with van der Waals surface area (Å²) in [5.74, 6) is 0.0492. The van der Waals surface area contributed by atoms with Crippen LogP contribution >= 0.6 is 15.9 Å². The minimum absolute atomic E-state index is 0.01000. The number of urea groups is 1. The Labute approximate surface area is 132 Å². The molecule has 1 aromatic heterocycles. The zero-order valence-corrected chi connectivity index (χ0v) is 13.6. The van der Waals surface area contributed by atoms with Gasteiger partial charge in [-0.05, 0) is 28.4 Å². The number of nitrogens with zero attached hydrogens (tertiary/aromatic N) is 3. The number of piperazine rings is 1. The van der Waals surface area contributed by atoms with E-state index >= 15 is 0 Å². The SMILES string of the molecule is CCCn1cc(Br)cc1C(=O)N1CCN2C(=O)NCC2C1. The molecular weight excluding hydrogens is 336 g/mol. The Hall–Kier alpha value is -1.50. The number of aryl methyl sites for hydroxylation is 1. The summed E-state index contributed by atoms with van der Waals surface area (Å²) in [6.07, 6.45) is 2.93. The molecule has 2 fully saturated rings. The third kappa shape index (κ3) is 2.66. The number of amides is 3. The number of halogens is 1. The second-order valence-electron chi connectivity index (χ2n) is 5.52. The minimum atomic E-state index is -0.01000. The molecule has 6 nitrogen and oxygen atoms in total. The summed E-state index contributed by atoms with van der Waals surface area (Å²) in [6, 6.07) is 1.97. The molecule has 0 saturated carbocycles. The van der Waals surface area contributed by atoms with Crippen LogP contribution in [0, 0.1) is 0 Å². The molecule has 0 aromatic carbocycles. The van der Waals surface area contributed by atoms with Gasteiger partial charge in [-0.3, -0.25) is 4.79 Å².